The monoisotopic (exact) mass is 260 g/mol. The number of hydrogen-bond donors (Lipinski definition) is 0. The SMILES string of the molecule is CCN(N=O)[C@H](C)Cc1cccc(C(F)(F)F)c1. The molecule has 18 heavy (non-hydrogen) atoms. The molecular formula is C12H15F3N2O. The molecule has 0 saturated heterocycles. The highest BCUT2D eigenvalue weighted by Gasteiger charge is 2.30. The van der Waals surface area contributed by atoms with Crippen molar-refractivity contribution >= 4 is 0 Å². The van der Waals surface area contributed by atoms with Crippen LogP contribution in [-0.2, 0) is 12.6 Å². The quantitative estimate of drug-likeness (QED) is 0.598. The summed E-state index contributed by atoms with van der Waals surface area (Å²) in [5.74, 6) is 0. The van der Waals surface area contributed by atoms with E-state index >= 15 is 0 Å². The number of nitrogens with zero attached hydrogens (tertiary/aromatic N) is 2. The average Bonchev–Trinajstić information content (AvgIpc) is 2.29. The van der Waals surface area contributed by atoms with Crippen LogP contribution in [-0.4, -0.2) is 17.6 Å². The average molecular weight is 260 g/mol. The summed E-state index contributed by atoms with van der Waals surface area (Å²) in [6, 6.07) is 4.90. The van der Waals surface area contributed by atoms with E-state index < -0.39 is 11.7 Å². The zero-order chi connectivity index (χ0) is 13.8. The van der Waals surface area contributed by atoms with Gasteiger partial charge in [0.05, 0.1) is 16.9 Å². The summed E-state index contributed by atoms with van der Waals surface area (Å²) < 4.78 is 37.6. The Balaban J connectivity index is 2.82. The molecule has 3 nitrogen and oxygen atoms in total. The molecule has 1 rings (SSSR count). The number of nitroso groups, excluding NO2 is 1. The van der Waals surface area contributed by atoms with Gasteiger partial charge in [0.1, 0.15) is 0 Å². The van der Waals surface area contributed by atoms with Gasteiger partial charge in [-0.1, -0.05) is 18.2 Å². The molecule has 0 bridgehead atoms. The molecule has 1 atom stereocenters. The smallest absolute Gasteiger partial charge is 0.258 e. The van der Waals surface area contributed by atoms with E-state index in [1.54, 1.807) is 19.9 Å². The van der Waals surface area contributed by atoms with Gasteiger partial charge < -0.3 is 0 Å². The predicted octanol–water partition coefficient (Wildman–Crippen LogP) is 3.64. The van der Waals surface area contributed by atoms with E-state index in [0.717, 1.165) is 12.1 Å². The van der Waals surface area contributed by atoms with Crippen LogP contribution in [0.15, 0.2) is 29.6 Å². The van der Waals surface area contributed by atoms with Crippen molar-refractivity contribution in [2.24, 2.45) is 5.29 Å². The Morgan fingerprint density at radius 2 is 2.06 bits per heavy atom. The lowest BCUT2D eigenvalue weighted by molar-refractivity contribution is -0.137. The summed E-state index contributed by atoms with van der Waals surface area (Å²) in [6.45, 7) is 3.96. The molecule has 1 aromatic rings. The first kappa shape index (κ1) is 14.5. The second-order valence-corrected chi connectivity index (χ2v) is 4.09. The third kappa shape index (κ3) is 3.72. The van der Waals surface area contributed by atoms with Crippen molar-refractivity contribution in [3.05, 3.63) is 40.3 Å². The van der Waals surface area contributed by atoms with Gasteiger partial charge in [-0.15, -0.1) is 4.91 Å². The summed E-state index contributed by atoms with van der Waals surface area (Å²) in [5.41, 5.74) is -0.131. The van der Waals surface area contributed by atoms with Crippen molar-refractivity contribution < 1.29 is 13.2 Å². The Kier molecular flexibility index (Phi) is 4.69. The van der Waals surface area contributed by atoms with E-state index in [2.05, 4.69) is 5.29 Å². The third-order valence-electron chi connectivity index (χ3n) is 2.72. The topological polar surface area (TPSA) is 32.7 Å². The molecule has 0 radical (unpaired) electrons. The van der Waals surface area contributed by atoms with E-state index in [4.69, 9.17) is 0 Å². The van der Waals surface area contributed by atoms with E-state index in [0.29, 0.717) is 18.5 Å². The van der Waals surface area contributed by atoms with E-state index in [1.165, 1.54) is 11.1 Å². The lowest BCUT2D eigenvalue weighted by Gasteiger charge is -2.21. The normalized spacial score (nSPS) is 13.2. The van der Waals surface area contributed by atoms with Crippen LogP contribution < -0.4 is 0 Å². The van der Waals surface area contributed by atoms with Crippen LogP contribution >= 0.6 is 0 Å². The molecule has 100 valence electrons. The standard InChI is InChI=1S/C12H15F3N2O/c1-3-17(16-18)9(2)7-10-5-4-6-11(8-10)12(13,14)15/h4-6,8-9H,3,7H2,1-2H3/t9-/m1/s1. The molecule has 0 heterocycles. The van der Waals surface area contributed by atoms with Crippen molar-refractivity contribution in [3.63, 3.8) is 0 Å². The number of benzene rings is 1. The molecule has 0 saturated carbocycles. The molecule has 1 aromatic carbocycles. The van der Waals surface area contributed by atoms with Gasteiger partial charge >= 0.3 is 6.18 Å². The number of alkyl halides is 3. The fourth-order valence-electron chi connectivity index (χ4n) is 1.77. The summed E-state index contributed by atoms with van der Waals surface area (Å²) >= 11 is 0. The molecule has 0 N–H and O–H groups in total. The van der Waals surface area contributed by atoms with Gasteiger partial charge in [0.2, 0.25) is 0 Å². The van der Waals surface area contributed by atoms with Crippen LogP contribution in [0.1, 0.15) is 25.0 Å². The summed E-state index contributed by atoms with van der Waals surface area (Å²) in [4.78, 5) is 10.5. The maximum Gasteiger partial charge on any atom is 0.416 e. The first-order chi connectivity index (χ1) is 8.38. The van der Waals surface area contributed by atoms with Crippen molar-refractivity contribution in [2.45, 2.75) is 32.5 Å². The largest absolute Gasteiger partial charge is 0.416 e. The first-order valence-electron chi connectivity index (χ1n) is 5.64. The second kappa shape index (κ2) is 5.84. The molecule has 0 aliphatic carbocycles. The third-order valence-corrected chi connectivity index (χ3v) is 2.72. The molecule has 0 unspecified atom stereocenters. The molecule has 0 aromatic heterocycles. The number of likely N-dealkylation sites (N-methyl/N-ethyl adjacent to an activating group) is 1. The highest BCUT2D eigenvalue weighted by atomic mass is 19.4. The molecule has 0 fully saturated rings. The Morgan fingerprint density at radius 3 is 2.56 bits per heavy atom. The summed E-state index contributed by atoms with van der Waals surface area (Å²) in [7, 11) is 0. The Morgan fingerprint density at radius 1 is 1.39 bits per heavy atom. The van der Waals surface area contributed by atoms with Crippen LogP contribution in [0.3, 0.4) is 0 Å². The summed E-state index contributed by atoms with van der Waals surface area (Å²) in [6.07, 6.45) is -3.99. The number of hydrogen-bond acceptors (Lipinski definition) is 2. The molecule has 6 heteroatoms. The van der Waals surface area contributed by atoms with E-state index in [-0.39, 0.29) is 6.04 Å². The molecule has 0 spiro atoms. The van der Waals surface area contributed by atoms with Gasteiger partial charge in [0.15, 0.2) is 0 Å². The minimum Gasteiger partial charge on any atom is -0.258 e. The van der Waals surface area contributed by atoms with Gasteiger partial charge in [0.25, 0.3) is 0 Å². The molecule has 0 aliphatic heterocycles. The van der Waals surface area contributed by atoms with E-state index in [1.807, 2.05) is 0 Å². The van der Waals surface area contributed by atoms with Crippen LogP contribution in [0.25, 0.3) is 0 Å². The fraction of sp³-hybridized carbons (Fsp3) is 0.500. The highest BCUT2D eigenvalue weighted by Crippen LogP contribution is 2.29. The first-order valence-corrected chi connectivity index (χ1v) is 5.64. The van der Waals surface area contributed by atoms with Crippen molar-refractivity contribution in [1.29, 1.82) is 0 Å². The lowest BCUT2D eigenvalue weighted by Crippen LogP contribution is -2.29. The molecular weight excluding hydrogens is 245 g/mol. The van der Waals surface area contributed by atoms with Crippen LogP contribution in [0, 0.1) is 4.91 Å². The van der Waals surface area contributed by atoms with Gasteiger partial charge in [-0.25, -0.2) is 0 Å². The number of halogens is 3. The summed E-state index contributed by atoms with van der Waals surface area (Å²) in [5, 5.41) is 4.14. The molecule has 0 aliphatic rings. The predicted molar refractivity (Wildman–Crippen MR) is 62.8 cm³/mol. The fourth-order valence-corrected chi connectivity index (χ4v) is 1.77. The zero-order valence-corrected chi connectivity index (χ0v) is 10.2. The molecule has 0 amide bonds. The van der Waals surface area contributed by atoms with Crippen molar-refractivity contribution in [3.8, 4) is 0 Å². The van der Waals surface area contributed by atoms with Gasteiger partial charge in [-0.3, -0.25) is 5.01 Å². The maximum atomic E-state index is 12.5. The minimum atomic E-state index is -4.34. The van der Waals surface area contributed by atoms with Gasteiger partial charge in [0, 0.05) is 6.54 Å². The zero-order valence-electron chi connectivity index (χ0n) is 10.2. The second-order valence-electron chi connectivity index (χ2n) is 4.09. The highest BCUT2D eigenvalue weighted by molar-refractivity contribution is 5.26. The Labute approximate surface area is 104 Å². The Hall–Kier alpha value is -1.59. The minimum absolute atomic E-state index is 0.226. The lowest BCUT2D eigenvalue weighted by atomic mass is 10.0. The van der Waals surface area contributed by atoms with Crippen LogP contribution in [0.4, 0.5) is 13.2 Å². The Bertz CT molecular complexity index is 407. The van der Waals surface area contributed by atoms with Crippen LogP contribution in [0.5, 0.6) is 0 Å². The van der Waals surface area contributed by atoms with Gasteiger partial charge in [-0.2, -0.15) is 13.2 Å². The van der Waals surface area contributed by atoms with Crippen molar-refractivity contribution in [1.82, 2.24) is 5.01 Å². The van der Waals surface area contributed by atoms with Gasteiger partial charge in [-0.05, 0) is 31.9 Å². The van der Waals surface area contributed by atoms with E-state index in [9.17, 15) is 18.1 Å². The maximum absolute atomic E-state index is 12.5. The number of rotatable bonds is 5. The van der Waals surface area contributed by atoms with Crippen molar-refractivity contribution in [2.75, 3.05) is 6.54 Å². The van der Waals surface area contributed by atoms with Crippen LogP contribution in [0.2, 0.25) is 0 Å².